The molecule has 34 heavy (non-hydrogen) atoms. The molecular formula is C29H49N3O2. The molecule has 3 rings (SSSR count). The van der Waals surface area contributed by atoms with Gasteiger partial charge in [-0.2, -0.15) is 0 Å². The summed E-state index contributed by atoms with van der Waals surface area (Å²) in [5.74, 6) is 2.87. The molecule has 0 bridgehead atoms. The fourth-order valence-corrected chi connectivity index (χ4v) is 5.47. The number of hydrogen-bond donors (Lipinski definition) is 1. The first-order valence-electron chi connectivity index (χ1n) is 13.9. The van der Waals surface area contributed by atoms with E-state index in [1.165, 1.54) is 37.8 Å². The maximum absolute atomic E-state index is 13.0. The first kappa shape index (κ1) is 26.8. The van der Waals surface area contributed by atoms with E-state index in [4.69, 9.17) is 10.5 Å². The van der Waals surface area contributed by atoms with Gasteiger partial charge in [0.05, 0.1) is 12.6 Å². The quantitative estimate of drug-likeness (QED) is 0.439. The van der Waals surface area contributed by atoms with Crippen molar-refractivity contribution < 1.29 is 9.53 Å². The molecule has 1 aliphatic carbocycles. The number of carbonyl (C=O) groups excluding carboxylic acids is 1. The largest absolute Gasteiger partial charge is 0.493 e. The molecule has 5 heteroatoms. The van der Waals surface area contributed by atoms with E-state index < -0.39 is 0 Å². The molecule has 5 nitrogen and oxygen atoms in total. The van der Waals surface area contributed by atoms with Gasteiger partial charge in [0, 0.05) is 31.4 Å². The minimum absolute atomic E-state index is 0.119. The Morgan fingerprint density at radius 3 is 2.38 bits per heavy atom. The van der Waals surface area contributed by atoms with Crippen LogP contribution in [0.25, 0.3) is 0 Å². The zero-order chi connectivity index (χ0) is 24.5. The average Bonchev–Trinajstić information content (AvgIpc) is 2.83. The lowest BCUT2D eigenvalue weighted by atomic mass is 9.90. The third kappa shape index (κ3) is 8.18. The Labute approximate surface area is 208 Å². The van der Waals surface area contributed by atoms with Crippen LogP contribution in [-0.4, -0.2) is 49.1 Å². The van der Waals surface area contributed by atoms with Crippen molar-refractivity contribution in [3.63, 3.8) is 0 Å². The summed E-state index contributed by atoms with van der Waals surface area (Å²) in [6.45, 7) is 12.3. The van der Waals surface area contributed by atoms with Crippen LogP contribution in [0.2, 0.25) is 0 Å². The molecule has 2 atom stereocenters. The molecule has 1 aliphatic heterocycles. The molecule has 1 aromatic rings. The fraction of sp³-hybridized carbons (Fsp3) is 0.759. The molecule has 1 saturated carbocycles. The number of carbonyl (C=O) groups is 1. The molecule has 2 unspecified atom stereocenters. The second-order valence-corrected chi connectivity index (χ2v) is 11.5. The van der Waals surface area contributed by atoms with Crippen molar-refractivity contribution in [3.05, 3.63) is 24.3 Å². The third-order valence-electron chi connectivity index (χ3n) is 7.52. The maximum atomic E-state index is 13.0. The normalized spacial score (nSPS) is 20.6. The van der Waals surface area contributed by atoms with E-state index in [0.29, 0.717) is 23.8 Å². The molecule has 2 aliphatic rings. The van der Waals surface area contributed by atoms with Crippen LogP contribution in [0.3, 0.4) is 0 Å². The maximum Gasteiger partial charge on any atom is 0.239 e. The van der Waals surface area contributed by atoms with Gasteiger partial charge >= 0.3 is 0 Å². The van der Waals surface area contributed by atoms with Crippen molar-refractivity contribution >= 4 is 11.6 Å². The monoisotopic (exact) mass is 471 g/mol. The molecule has 192 valence electrons. The van der Waals surface area contributed by atoms with Crippen LogP contribution in [0, 0.1) is 17.8 Å². The Hall–Kier alpha value is -1.75. The lowest BCUT2D eigenvalue weighted by molar-refractivity contribution is -0.134. The third-order valence-corrected chi connectivity index (χ3v) is 7.52. The van der Waals surface area contributed by atoms with Crippen LogP contribution in [0.15, 0.2) is 24.3 Å². The van der Waals surface area contributed by atoms with Gasteiger partial charge in [-0.15, -0.1) is 0 Å². The van der Waals surface area contributed by atoms with Gasteiger partial charge in [-0.05, 0) is 80.5 Å². The molecule has 2 N–H and O–H groups in total. The van der Waals surface area contributed by atoms with E-state index in [0.717, 1.165) is 57.7 Å². The Balaban J connectivity index is 1.65. The van der Waals surface area contributed by atoms with E-state index in [9.17, 15) is 4.79 Å². The molecule has 1 saturated heterocycles. The van der Waals surface area contributed by atoms with Gasteiger partial charge in [-0.25, -0.2) is 0 Å². The summed E-state index contributed by atoms with van der Waals surface area (Å²) in [7, 11) is 0. The van der Waals surface area contributed by atoms with Crippen LogP contribution in [-0.2, 0) is 4.79 Å². The Morgan fingerprint density at radius 1 is 1.03 bits per heavy atom. The summed E-state index contributed by atoms with van der Waals surface area (Å²) in [5, 5.41) is 0. The van der Waals surface area contributed by atoms with Gasteiger partial charge in [-0.3, -0.25) is 4.79 Å². The molecule has 1 aromatic carbocycles. The van der Waals surface area contributed by atoms with Crippen molar-refractivity contribution in [3.8, 4) is 5.75 Å². The summed E-state index contributed by atoms with van der Waals surface area (Å²) < 4.78 is 6.15. The SMILES string of the molecule is CC(C)CCN(c1ccc(OCC2CCCCC2)cc1)C1CCCN(C(=O)C(N)CC(C)C)C1. The highest BCUT2D eigenvalue weighted by Gasteiger charge is 2.30. The van der Waals surface area contributed by atoms with Crippen molar-refractivity contribution in [2.24, 2.45) is 23.5 Å². The second kappa shape index (κ2) is 13.4. The van der Waals surface area contributed by atoms with Crippen LogP contribution < -0.4 is 15.4 Å². The highest BCUT2D eigenvalue weighted by molar-refractivity contribution is 5.81. The van der Waals surface area contributed by atoms with Gasteiger partial charge < -0.3 is 20.3 Å². The number of hydrogen-bond acceptors (Lipinski definition) is 4. The van der Waals surface area contributed by atoms with E-state index in [2.05, 4.69) is 56.9 Å². The molecule has 0 spiro atoms. The minimum atomic E-state index is -0.386. The predicted molar refractivity (Wildman–Crippen MR) is 142 cm³/mol. The highest BCUT2D eigenvalue weighted by atomic mass is 16.5. The molecule has 1 heterocycles. The number of nitrogens with two attached hydrogens (primary N) is 1. The second-order valence-electron chi connectivity index (χ2n) is 11.5. The minimum Gasteiger partial charge on any atom is -0.493 e. The lowest BCUT2D eigenvalue weighted by Gasteiger charge is -2.41. The van der Waals surface area contributed by atoms with Crippen molar-refractivity contribution in [2.45, 2.75) is 97.6 Å². The lowest BCUT2D eigenvalue weighted by Crippen LogP contribution is -2.54. The summed E-state index contributed by atoms with van der Waals surface area (Å²) >= 11 is 0. The number of likely N-dealkylation sites (tertiary alicyclic amines) is 1. The number of rotatable bonds is 11. The summed E-state index contributed by atoms with van der Waals surface area (Å²) in [5.41, 5.74) is 7.49. The van der Waals surface area contributed by atoms with Gasteiger partial charge in [0.25, 0.3) is 0 Å². The van der Waals surface area contributed by atoms with E-state index in [-0.39, 0.29) is 11.9 Å². The van der Waals surface area contributed by atoms with Crippen molar-refractivity contribution in [1.82, 2.24) is 4.90 Å². The summed E-state index contributed by atoms with van der Waals surface area (Å²) in [6, 6.07) is 8.62. The number of amides is 1. The number of benzene rings is 1. The smallest absolute Gasteiger partial charge is 0.239 e. The number of nitrogens with zero attached hydrogens (tertiary/aromatic N) is 2. The van der Waals surface area contributed by atoms with Crippen molar-refractivity contribution in [1.29, 1.82) is 0 Å². The average molecular weight is 472 g/mol. The molecule has 0 radical (unpaired) electrons. The first-order valence-corrected chi connectivity index (χ1v) is 13.9. The first-order chi connectivity index (χ1) is 16.3. The zero-order valence-electron chi connectivity index (χ0n) is 22.2. The topological polar surface area (TPSA) is 58.8 Å². The zero-order valence-corrected chi connectivity index (χ0v) is 22.2. The highest BCUT2D eigenvalue weighted by Crippen LogP contribution is 2.28. The van der Waals surface area contributed by atoms with Gasteiger partial charge in [0.1, 0.15) is 5.75 Å². The Bertz CT molecular complexity index is 727. The van der Waals surface area contributed by atoms with Gasteiger partial charge in [-0.1, -0.05) is 47.0 Å². The van der Waals surface area contributed by atoms with Crippen LogP contribution in [0.4, 0.5) is 5.69 Å². The Kier molecular flexibility index (Phi) is 10.6. The van der Waals surface area contributed by atoms with Gasteiger partial charge in [0.15, 0.2) is 0 Å². The molecular weight excluding hydrogens is 422 g/mol. The predicted octanol–water partition coefficient (Wildman–Crippen LogP) is 5.86. The van der Waals surface area contributed by atoms with E-state index >= 15 is 0 Å². The van der Waals surface area contributed by atoms with Gasteiger partial charge in [0.2, 0.25) is 5.91 Å². The fourth-order valence-electron chi connectivity index (χ4n) is 5.47. The summed E-state index contributed by atoms with van der Waals surface area (Å²) in [4.78, 5) is 17.6. The van der Waals surface area contributed by atoms with E-state index in [1.54, 1.807) is 0 Å². The number of piperidine rings is 1. The standard InChI is InChI=1S/C29H49N3O2/c1-22(2)16-18-32(26-11-8-17-31(20-26)29(33)28(30)19-23(3)4)25-12-14-27(15-13-25)34-21-24-9-6-5-7-10-24/h12-15,22-24,26,28H,5-11,16-21,30H2,1-4H3. The van der Waals surface area contributed by atoms with E-state index in [1.807, 2.05) is 4.90 Å². The van der Waals surface area contributed by atoms with Crippen molar-refractivity contribution in [2.75, 3.05) is 31.1 Å². The summed E-state index contributed by atoms with van der Waals surface area (Å²) in [6.07, 6.45) is 10.7. The Morgan fingerprint density at radius 2 is 1.74 bits per heavy atom. The van der Waals surface area contributed by atoms with Crippen LogP contribution in [0.5, 0.6) is 5.75 Å². The number of ether oxygens (including phenoxy) is 1. The van der Waals surface area contributed by atoms with Crippen LogP contribution >= 0.6 is 0 Å². The molecule has 1 amide bonds. The molecule has 0 aromatic heterocycles. The van der Waals surface area contributed by atoms with Crippen LogP contribution in [0.1, 0.15) is 85.5 Å². The number of anilines is 1. The molecule has 2 fully saturated rings.